The molecule has 0 aromatic carbocycles. The number of nitrogens with one attached hydrogen (secondary N) is 1. The second-order valence-electron chi connectivity index (χ2n) is 4.10. The Morgan fingerprint density at radius 3 is 2.50 bits per heavy atom. The monoisotopic (exact) mass is 279 g/mol. The SMILES string of the molecule is CNCCC(=O)N(C)CC(=O)N1CCOCC1.Cl. The van der Waals surface area contributed by atoms with Gasteiger partial charge in [-0.3, -0.25) is 9.59 Å². The molecule has 1 aliphatic heterocycles. The summed E-state index contributed by atoms with van der Waals surface area (Å²) >= 11 is 0. The van der Waals surface area contributed by atoms with E-state index in [0.29, 0.717) is 39.3 Å². The molecule has 0 saturated carbocycles. The van der Waals surface area contributed by atoms with Gasteiger partial charge in [0.1, 0.15) is 0 Å². The van der Waals surface area contributed by atoms with Crippen molar-refractivity contribution in [2.75, 3.05) is 53.5 Å². The summed E-state index contributed by atoms with van der Waals surface area (Å²) in [5.74, 6) is -0.0189. The zero-order valence-electron chi connectivity index (χ0n) is 11.0. The van der Waals surface area contributed by atoms with Gasteiger partial charge in [-0.05, 0) is 7.05 Å². The van der Waals surface area contributed by atoms with E-state index in [1.54, 1.807) is 19.0 Å². The van der Waals surface area contributed by atoms with Crippen LogP contribution in [0.5, 0.6) is 0 Å². The molecule has 0 radical (unpaired) electrons. The fraction of sp³-hybridized carbons (Fsp3) is 0.818. The minimum atomic E-state index is -0.0130. The van der Waals surface area contributed by atoms with Crippen LogP contribution in [0.4, 0.5) is 0 Å². The van der Waals surface area contributed by atoms with Gasteiger partial charge in [-0.25, -0.2) is 0 Å². The highest BCUT2D eigenvalue weighted by molar-refractivity contribution is 5.85. The van der Waals surface area contributed by atoms with Crippen LogP contribution in [0.25, 0.3) is 0 Å². The van der Waals surface area contributed by atoms with Gasteiger partial charge in [-0.15, -0.1) is 12.4 Å². The first kappa shape index (κ1) is 17.2. The first-order chi connectivity index (χ1) is 8.15. The molecule has 1 saturated heterocycles. The molecule has 0 unspecified atom stereocenters. The predicted octanol–water partition coefficient (Wildman–Crippen LogP) is -0.665. The van der Waals surface area contributed by atoms with E-state index in [2.05, 4.69) is 5.32 Å². The minimum absolute atomic E-state index is 0. The van der Waals surface area contributed by atoms with Crippen LogP contribution in [0, 0.1) is 0 Å². The quantitative estimate of drug-likeness (QED) is 0.725. The second-order valence-corrected chi connectivity index (χ2v) is 4.10. The largest absolute Gasteiger partial charge is 0.378 e. The highest BCUT2D eigenvalue weighted by atomic mass is 35.5. The molecule has 0 aromatic rings. The number of nitrogens with zero attached hydrogens (tertiary/aromatic N) is 2. The average Bonchev–Trinajstić information content (AvgIpc) is 2.36. The van der Waals surface area contributed by atoms with E-state index in [1.165, 1.54) is 4.90 Å². The van der Waals surface area contributed by atoms with Crippen LogP contribution in [0.2, 0.25) is 0 Å². The molecule has 1 fully saturated rings. The van der Waals surface area contributed by atoms with Crippen LogP contribution < -0.4 is 5.32 Å². The number of carbonyl (C=O) groups is 2. The standard InChI is InChI=1S/C11H21N3O3.ClH/c1-12-4-3-10(15)13(2)9-11(16)14-5-7-17-8-6-14;/h12H,3-9H2,1-2H3;1H. The molecule has 6 nitrogen and oxygen atoms in total. The molecule has 0 aromatic heterocycles. The van der Waals surface area contributed by atoms with Crippen molar-refractivity contribution in [2.45, 2.75) is 6.42 Å². The van der Waals surface area contributed by atoms with Gasteiger partial charge in [0.15, 0.2) is 0 Å². The van der Waals surface area contributed by atoms with Gasteiger partial charge in [0, 0.05) is 33.1 Å². The number of hydrogen-bond donors (Lipinski definition) is 1. The van der Waals surface area contributed by atoms with Gasteiger partial charge in [0.05, 0.1) is 19.8 Å². The summed E-state index contributed by atoms with van der Waals surface area (Å²) in [4.78, 5) is 26.7. The summed E-state index contributed by atoms with van der Waals surface area (Å²) < 4.78 is 5.17. The molecule has 0 atom stereocenters. The molecule has 2 amide bonds. The third-order valence-corrected chi connectivity index (χ3v) is 2.75. The van der Waals surface area contributed by atoms with E-state index in [0.717, 1.165) is 0 Å². The van der Waals surface area contributed by atoms with Crippen molar-refractivity contribution < 1.29 is 14.3 Å². The molecular weight excluding hydrogens is 258 g/mol. The number of morpholine rings is 1. The maximum Gasteiger partial charge on any atom is 0.242 e. The predicted molar refractivity (Wildman–Crippen MR) is 70.8 cm³/mol. The molecule has 1 rings (SSSR count). The summed E-state index contributed by atoms with van der Waals surface area (Å²) in [5, 5.41) is 2.91. The Kier molecular flexibility index (Phi) is 8.70. The van der Waals surface area contributed by atoms with Crippen molar-refractivity contribution in [1.82, 2.24) is 15.1 Å². The summed E-state index contributed by atoms with van der Waals surface area (Å²) in [6.45, 7) is 3.21. The van der Waals surface area contributed by atoms with Crippen molar-refractivity contribution in [3.8, 4) is 0 Å². The molecule has 0 aliphatic carbocycles. The van der Waals surface area contributed by atoms with Crippen LogP contribution in [-0.4, -0.2) is 75.1 Å². The molecule has 1 N–H and O–H groups in total. The molecule has 1 heterocycles. The van der Waals surface area contributed by atoms with Gasteiger partial charge >= 0.3 is 0 Å². The van der Waals surface area contributed by atoms with Gasteiger partial charge in [0.25, 0.3) is 0 Å². The van der Waals surface area contributed by atoms with Crippen molar-refractivity contribution in [2.24, 2.45) is 0 Å². The maximum atomic E-state index is 11.8. The first-order valence-electron chi connectivity index (χ1n) is 5.89. The fourth-order valence-electron chi connectivity index (χ4n) is 1.63. The lowest BCUT2D eigenvalue weighted by atomic mass is 10.3. The Morgan fingerprint density at radius 2 is 1.94 bits per heavy atom. The van der Waals surface area contributed by atoms with E-state index in [-0.39, 0.29) is 30.8 Å². The normalized spacial score (nSPS) is 14.9. The Hall–Kier alpha value is -0.850. The number of amides is 2. The van der Waals surface area contributed by atoms with Crippen molar-refractivity contribution in [3.05, 3.63) is 0 Å². The molecular formula is C11H22ClN3O3. The van der Waals surface area contributed by atoms with Crippen molar-refractivity contribution in [1.29, 1.82) is 0 Å². The number of ether oxygens (including phenoxy) is 1. The third kappa shape index (κ3) is 5.66. The van der Waals surface area contributed by atoms with Crippen LogP contribution in [0.1, 0.15) is 6.42 Å². The number of carbonyl (C=O) groups excluding carboxylic acids is 2. The van der Waals surface area contributed by atoms with Crippen LogP contribution >= 0.6 is 12.4 Å². The van der Waals surface area contributed by atoms with Gasteiger partial charge in [0.2, 0.25) is 11.8 Å². The van der Waals surface area contributed by atoms with Crippen molar-refractivity contribution >= 4 is 24.2 Å². The Labute approximate surface area is 114 Å². The summed E-state index contributed by atoms with van der Waals surface area (Å²) in [6, 6.07) is 0. The maximum absolute atomic E-state index is 11.8. The Bertz CT molecular complexity index is 270. The molecule has 7 heteroatoms. The number of rotatable bonds is 5. The van der Waals surface area contributed by atoms with Gasteiger partial charge in [-0.1, -0.05) is 0 Å². The lowest BCUT2D eigenvalue weighted by Gasteiger charge is -2.28. The lowest BCUT2D eigenvalue weighted by Crippen LogP contribution is -2.46. The van der Waals surface area contributed by atoms with Crippen LogP contribution in [-0.2, 0) is 14.3 Å². The van der Waals surface area contributed by atoms with E-state index >= 15 is 0 Å². The van der Waals surface area contributed by atoms with E-state index in [1.807, 2.05) is 0 Å². The van der Waals surface area contributed by atoms with Gasteiger partial charge < -0.3 is 19.9 Å². The smallest absolute Gasteiger partial charge is 0.242 e. The minimum Gasteiger partial charge on any atom is -0.378 e. The summed E-state index contributed by atoms with van der Waals surface area (Å²) in [7, 11) is 3.46. The third-order valence-electron chi connectivity index (χ3n) is 2.75. The van der Waals surface area contributed by atoms with Crippen LogP contribution in [0.15, 0.2) is 0 Å². The Morgan fingerprint density at radius 1 is 1.33 bits per heavy atom. The zero-order chi connectivity index (χ0) is 12.7. The molecule has 1 aliphatic rings. The lowest BCUT2D eigenvalue weighted by molar-refractivity contribution is -0.141. The summed E-state index contributed by atoms with van der Waals surface area (Å²) in [5.41, 5.74) is 0. The molecule has 18 heavy (non-hydrogen) atoms. The fourth-order valence-corrected chi connectivity index (χ4v) is 1.63. The van der Waals surface area contributed by atoms with E-state index in [4.69, 9.17) is 4.74 Å². The van der Waals surface area contributed by atoms with Gasteiger partial charge in [-0.2, -0.15) is 0 Å². The number of halogens is 1. The highest BCUT2D eigenvalue weighted by Crippen LogP contribution is 1.99. The van der Waals surface area contributed by atoms with E-state index in [9.17, 15) is 9.59 Å². The van der Waals surface area contributed by atoms with E-state index < -0.39 is 0 Å². The molecule has 106 valence electrons. The van der Waals surface area contributed by atoms with Crippen molar-refractivity contribution in [3.63, 3.8) is 0 Å². The second kappa shape index (κ2) is 9.13. The summed E-state index contributed by atoms with van der Waals surface area (Å²) in [6.07, 6.45) is 0.420. The topological polar surface area (TPSA) is 61.9 Å². The number of hydrogen-bond acceptors (Lipinski definition) is 4. The molecule has 0 spiro atoms. The average molecular weight is 280 g/mol. The first-order valence-corrected chi connectivity index (χ1v) is 5.89. The highest BCUT2D eigenvalue weighted by Gasteiger charge is 2.19. The number of likely N-dealkylation sites (N-methyl/N-ethyl adjacent to an activating group) is 1. The molecule has 0 bridgehead atoms. The Balaban J connectivity index is 0.00000289. The zero-order valence-corrected chi connectivity index (χ0v) is 11.8. The van der Waals surface area contributed by atoms with Crippen LogP contribution in [0.3, 0.4) is 0 Å².